The van der Waals surface area contributed by atoms with E-state index in [-0.39, 0.29) is 3.42 Å². The number of benzene rings is 1. The lowest BCUT2D eigenvalue weighted by molar-refractivity contribution is 0.809. The largest absolute Gasteiger partial charge is 0.0742 e. The topological polar surface area (TPSA) is 0 Å². The Morgan fingerprint density at radius 2 is 1.50 bits per heavy atom. The summed E-state index contributed by atoms with van der Waals surface area (Å²) in [6, 6.07) is 6.49. The number of hydrogen-bond acceptors (Lipinski definition) is 0. The standard InChI is InChI=1S/C11H15I/c1-8-6-5-7-9(2)10(8)11(3,4)12/h5-7H,1-4H3. The summed E-state index contributed by atoms with van der Waals surface area (Å²) in [7, 11) is 0. The molecule has 0 saturated carbocycles. The molecule has 1 rings (SSSR count). The van der Waals surface area contributed by atoms with Crippen LogP contribution in [-0.4, -0.2) is 0 Å². The lowest BCUT2D eigenvalue weighted by atomic mass is 9.93. The molecule has 0 saturated heterocycles. The predicted octanol–water partition coefficient (Wildman–Crippen LogP) is 3.97. The molecule has 0 amide bonds. The highest BCUT2D eigenvalue weighted by molar-refractivity contribution is 14.1. The summed E-state index contributed by atoms with van der Waals surface area (Å²) in [6.45, 7) is 8.87. The zero-order valence-corrected chi connectivity index (χ0v) is 10.3. The molecule has 0 aromatic heterocycles. The maximum absolute atomic E-state index is 2.49. The van der Waals surface area contributed by atoms with E-state index in [1.807, 2.05) is 0 Å². The van der Waals surface area contributed by atoms with Gasteiger partial charge in [-0.2, -0.15) is 0 Å². The van der Waals surface area contributed by atoms with Gasteiger partial charge in [-0.1, -0.05) is 40.8 Å². The lowest BCUT2D eigenvalue weighted by Crippen LogP contribution is -2.10. The molecule has 12 heavy (non-hydrogen) atoms. The van der Waals surface area contributed by atoms with Gasteiger partial charge in [0.25, 0.3) is 0 Å². The van der Waals surface area contributed by atoms with Crippen molar-refractivity contribution in [2.45, 2.75) is 31.1 Å². The van der Waals surface area contributed by atoms with Crippen LogP contribution in [-0.2, 0) is 3.42 Å². The summed E-state index contributed by atoms with van der Waals surface area (Å²) in [6.07, 6.45) is 0. The smallest absolute Gasteiger partial charge is 0.0419 e. The third-order valence-corrected chi connectivity index (χ3v) is 2.61. The normalized spacial score (nSPS) is 11.8. The molecule has 1 aromatic carbocycles. The Labute approximate surface area is 88.5 Å². The first-order valence-electron chi connectivity index (χ1n) is 4.18. The van der Waals surface area contributed by atoms with Crippen LogP contribution in [0.1, 0.15) is 30.5 Å². The minimum Gasteiger partial charge on any atom is -0.0742 e. The molecule has 1 heteroatoms. The minimum absolute atomic E-state index is 0.243. The Balaban J connectivity index is 3.31. The quantitative estimate of drug-likeness (QED) is 0.537. The van der Waals surface area contributed by atoms with Crippen molar-refractivity contribution in [1.29, 1.82) is 0 Å². The summed E-state index contributed by atoms with van der Waals surface area (Å²) < 4.78 is 0.243. The summed E-state index contributed by atoms with van der Waals surface area (Å²) in [5.74, 6) is 0. The molecule has 0 radical (unpaired) electrons. The molecule has 0 unspecified atom stereocenters. The Hall–Kier alpha value is -0.0500. The van der Waals surface area contributed by atoms with Gasteiger partial charge in [-0.15, -0.1) is 0 Å². The zero-order chi connectivity index (χ0) is 9.35. The second-order valence-corrected chi connectivity index (χ2v) is 6.44. The first kappa shape index (κ1) is 10.0. The second-order valence-electron chi connectivity index (χ2n) is 3.74. The number of rotatable bonds is 1. The number of alkyl halides is 1. The van der Waals surface area contributed by atoms with Gasteiger partial charge in [0.1, 0.15) is 0 Å². The highest BCUT2D eigenvalue weighted by atomic mass is 127. The van der Waals surface area contributed by atoms with Crippen molar-refractivity contribution in [2.75, 3.05) is 0 Å². The third kappa shape index (κ3) is 2.00. The van der Waals surface area contributed by atoms with Crippen molar-refractivity contribution in [3.05, 3.63) is 34.9 Å². The number of aryl methyl sites for hydroxylation is 2. The van der Waals surface area contributed by atoms with E-state index >= 15 is 0 Å². The van der Waals surface area contributed by atoms with Crippen molar-refractivity contribution >= 4 is 22.6 Å². The first-order valence-corrected chi connectivity index (χ1v) is 5.26. The fraction of sp³-hybridized carbons (Fsp3) is 0.455. The van der Waals surface area contributed by atoms with Crippen molar-refractivity contribution in [1.82, 2.24) is 0 Å². The van der Waals surface area contributed by atoms with Crippen molar-refractivity contribution in [3.63, 3.8) is 0 Å². The molecular weight excluding hydrogens is 259 g/mol. The summed E-state index contributed by atoms with van der Waals surface area (Å²) in [4.78, 5) is 0. The van der Waals surface area contributed by atoms with E-state index in [0.717, 1.165) is 0 Å². The highest BCUT2D eigenvalue weighted by Crippen LogP contribution is 2.34. The molecule has 0 fully saturated rings. The fourth-order valence-electron chi connectivity index (χ4n) is 1.75. The van der Waals surface area contributed by atoms with E-state index in [1.54, 1.807) is 0 Å². The molecule has 0 N–H and O–H groups in total. The molecule has 0 heterocycles. The minimum atomic E-state index is 0.243. The summed E-state index contributed by atoms with van der Waals surface area (Å²) >= 11 is 2.49. The molecule has 0 bridgehead atoms. The van der Waals surface area contributed by atoms with Crippen LogP contribution in [0.5, 0.6) is 0 Å². The van der Waals surface area contributed by atoms with Gasteiger partial charge in [0, 0.05) is 3.42 Å². The van der Waals surface area contributed by atoms with E-state index in [9.17, 15) is 0 Å². The van der Waals surface area contributed by atoms with Gasteiger partial charge < -0.3 is 0 Å². The van der Waals surface area contributed by atoms with E-state index < -0.39 is 0 Å². The zero-order valence-electron chi connectivity index (χ0n) is 8.11. The molecule has 0 aliphatic rings. The molecule has 0 aliphatic carbocycles. The Bertz CT molecular complexity index is 261. The average Bonchev–Trinajstić information content (AvgIpc) is 1.82. The third-order valence-electron chi connectivity index (χ3n) is 2.08. The second kappa shape index (κ2) is 3.36. The first-order chi connectivity index (χ1) is 5.43. The molecular formula is C11H15I. The molecule has 0 spiro atoms. The summed E-state index contributed by atoms with van der Waals surface area (Å²) in [5.41, 5.74) is 4.27. The Morgan fingerprint density at radius 3 is 1.75 bits per heavy atom. The van der Waals surface area contributed by atoms with Gasteiger partial charge in [0.05, 0.1) is 0 Å². The van der Waals surface area contributed by atoms with Gasteiger partial charge >= 0.3 is 0 Å². The molecule has 0 atom stereocenters. The van der Waals surface area contributed by atoms with Gasteiger partial charge in [-0.3, -0.25) is 0 Å². The monoisotopic (exact) mass is 274 g/mol. The van der Waals surface area contributed by atoms with Crippen LogP contribution in [0.4, 0.5) is 0 Å². The molecule has 66 valence electrons. The van der Waals surface area contributed by atoms with Gasteiger partial charge in [0.15, 0.2) is 0 Å². The molecule has 0 aliphatic heterocycles. The van der Waals surface area contributed by atoms with Crippen LogP contribution in [0, 0.1) is 13.8 Å². The van der Waals surface area contributed by atoms with E-state index in [4.69, 9.17) is 0 Å². The van der Waals surface area contributed by atoms with E-state index in [1.165, 1.54) is 16.7 Å². The van der Waals surface area contributed by atoms with Crippen molar-refractivity contribution < 1.29 is 0 Å². The predicted molar refractivity (Wildman–Crippen MR) is 63.0 cm³/mol. The van der Waals surface area contributed by atoms with Crippen molar-refractivity contribution in [3.8, 4) is 0 Å². The van der Waals surface area contributed by atoms with Gasteiger partial charge in [-0.05, 0) is 44.4 Å². The SMILES string of the molecule is Cc1cccc(C)c1C(C)(C)I. The van der Waals surface area contributed by atoms with Crippen LogP contribution in [0.25, 0.3) is 0 Å². The lowest BCUT2D eigenvalue weighted by Gasteiger charge is -2.22. The van der Waals surface area contributed by atoms with Crippen LogP contribution in [0.3, 0.4) is 0 Å². The molecule has 1 aromatic rings. The fourth-order valence-corrected chi connectivity index (χ4v) is 2.60. The van der Waals surface area contributed by atoms with Gasteiger partial charge in [-0.25, -0.2) is 0 Å². The van der Waals surface area contributed by atoms with Crippen molar-refractivity contribution in [2.24, 2.45) is 0 Å². The highest BCUT2D eigenvalue weighted by Gasteiger charge is 2.19. The maximum atomic E-state index is 2.49. The molecule has 0 nitrogen and oxygen atoms in total. The van der Waals surface area contributed by atoms with Crippen LogP contribution < -0.4 is 0 Å². The van der Waals surface area contributed by atoms with Gasteiger partial charge in [0.2, 0.25) is 0 Å². The van der Waals surface area contributed by atoms with Crippen LogP contribution in [0.15, 0.2) is 18.2 Å². The van der Waals surface area contributed by atoms with Crippen LogP contribution >= 0.6 is 22.6 Å². The van der Waals surface area contributed by atoms with E-state index in [2.05, 4.69) is 68.5 Å². The average molecular weight is 274 g/mol. The maximum Gasteiger partial charge on any atom is 0.0419 e. The Morgan fingerprint density at radius 1 is 1.08 bits per heavy atom. The number of halogens is 1. The van der Waals surface area contributed by atoms with E-state index in [0.29, 0.717) is 0 Å². The summed E-state index contributed by atoms with van der Waals surface area (Å²) in [5, 5.41) is 0. The number of hydrogen-bond donors (Lipinski definition) is 0. The Kier molecular flexibility index (Phi) is 2.81. The van der Waals surface area contributed by atoms with Crippen LogP contribution in [0.2, 0.25) is 0 Å².